The van der Waals surface area contributed by atoms with Gasteiger partial charge >= 0.3 is 0 Å². The molecule has 5 nitrogen and oxygen atoms in total. The average molecular weight is 367 g/mol. The molecule has 0 saturated carbocycles. The second-order valence-corrected chi connectivity index (χ2v) is 6.96. The van der Waals surface area contributed by atoms with Crippen molar-refractivity contribution in [2.45, 2.75) is 19.9 Å². The highest BCUT2D eigenvalue weighted by molar-refractivity contribution is 5.93. The van der Waals surface area contributed by atoms with Gasteiger partial charge < -0.3 is 10.1 Å². The van der Waals surface area contributed by atoms with Crippen molar-refractivity contribution in [3.05, 3.63) is 59.7 Å². The monoisotopic (exact) mass is 367 g/mol. The number of nitrogens with zero attached hydrogens (tertiary/aromatic N) is 2. The third-order valence-corrected chi connectivity index (χ3v) is 5.07. The van der Waals surface area contributed by atoms with Gasteiger partial charge in [0.05, 0.1) is 13.7 Å². The second kappa shape index (κ2) is 9.53. The van der Waals surface area contributed by atoms with Gasteiger partial charge in [-0.15, -0.1) is 0 Å². The summed E-state index contributed by atoms with van der Waals surface area (Å²) in [5.74, 6) is 0.957. The molecule has 0 bridgehead atoms. The zero-order valence-electron chi connectivity index (χ0n) is 16.3. The number of para-hydroxylation sites is 1. The van der Waals surface area contributed by atoms with E-state index in [1.165, 1.54) is 11.1 Å². The van der Waals surface area contributed by atoms with E-state index < -0.39 is 0 Å². The molecule has 1 fully saturated rings. The summed E-state index contributed by atoms with van der Waals surface area (Å²) in [5, 5.41) is 3.06. The van der Waals surface area contributed by atoms with Crippen molar-refractivity contribution in [2.75, 3.05) is 45.2 Å². The van der Waals surface area contributed by atoms with Crippen molar-refractivity contribution in [1.29, 1.82) is 0 Å². The van der Waals surface area contributed by atoms with Gasteiger partial charge in [-0.05, 0) is 35.7 Å². The van der Waals surface area contributed by atoms with Gasteiger partial charge in [0.1, 0.15) is 5.75 Å². The molecular weight excluding hydrogens is 338 g/mol. The lowest BCUT2D eigenvalue weighted by atomic mass is 10.1. The summed E-state index contributed by atoms with van der Waals surface area (Å²) in [4.78, 5) is 17.1. The lowest BCUT2D eigenvalue weighted by Crippen LogP contribution is -2.48. The summed E-state index contributed by atoms with van der Waals surface area (Å²) in [6, 6.07) is 16.3. The Morgan fingerprint density at radius 3 is 2.33 bits per heavy atom. The Morgan fingerprint density at radius 1 is 1.00 bits per heavy atom. The Labute approximate surface area is 161 Å². The molecule has 0 unspecified atom stereocenters. The molecule has 0 radical (unpaired) electrons. The van der Waals surface area contributed by atoms with Gasteiger partial charge in [-0.25, -0.2) is 0 Å². The van der Waals surface area contributed by atoms with Crippen molar-refractivity contribution >= 4 is 11.6 Å². The molecule has 0 spiro atoms. The summed E-state index contributed by atoms with van der Waals surface area (Å²) in [6.07, 6.45) is 0.917. The van der Waals surface area contributed by atoms with Crippen molar-refractivity contribution in [3.8, 4) is 5.75 Å². The number of nitrogens with one attached hydrogen (secondary N) is 1. The van der Waals surface area contributed by atoms with Gasteiger partial charge in [-0.3, -0.25) is 14.6 Å². The summed E-state index contributed by atoms with van der Waals surface area (Å²) < 4.78 is 5.21. The maximum Gasteiger partial charge on any atom is 0.238 e. The van der Waals surface area contributed by atoms with E-state index in [4.69, 9.17) is 4.74 Å². The second-order valence-electron chi connectivity index (χ2n) is 6.96. The zero-order valence-corrected chi connectivity index (χ0v) is 16.3. The highest BCUT2D eigenvalue weighted by Gasteiger charge is 2.19. The van der Waals surface area contributed by atoms with E-state index in [-0.39, 0.29) is 5.91 Å². The van der Waals surface area contributed by atoms with Crippen LogP contribution in [0.25, 0.3) is 0 Å². The van der Waals surface area contributed by atoms with Crippen LogP contribution in [0.1, 0.15) is 18.1 Å². The van der Waals surface area contributed by atoms with Crippen LogP contribution in [0.2, 0.25) is 0 Å². The predicted octanol–water partition coefficient (Wildman–Crippen LogP) is 3.01. The Balaban J connectivity index is 1.44. The molecule has 144 valence electrons. The number of hydrogen-bond donors (Lipinski definition) is 1. The molecule has 3 rings (SSSR count). The van der Waals surface area contributed by atoms with Crippen LogP contribution in [0.4, 0.5) is 5.69 Å². The molecule has 2 aromatic carbocycles. The summed E-state index contributed by atoms with van der Waals surface area (Å²) in [6.45, 7) is 7.28. The van der Waals surface area contributed by atoms with E-state index >= 15 is 0 Å². The molecule has 2 aromatic rings. The van der Waals surface area contributed by atoms with Crippen LogP contribution < -0.4 is 10.1 Å². The quantitative estimate of drug-likeness (QED) is 0.817. The Kier molecular flexibility index (Phi) is 6.85. The summed E-state index contributed by atoms with van der Waals surface area (Å²) in [7, 11) is 1.69. The number of piperazine rings is 1. The average Bonchev–Trinajstić information content (AvgIpc) is 2.70. The molecular formula is C22H29N3O2. The topological polar surface area (TPSA) is 44.8 Å². The highest BCUT2D eigenvalue weighted by Crippen LogP contribution is 2.16. The van der Waals surface area contributed by atoms with Crippen LogP contribution in [0.15, 0.2) is 48.5 Å². The smallest absolute Gasteiger partial charge is 0.238 e. The van der Waals surface area contributed by atoms with E-state index in [0.29, 0.717) is 6.54 Å². The first-order chi connectivity index (χ1) is 13.2. The number of hydrogen-bond acceptors (Lipinski definition) is 4. The minimum atomic E-state index is 0.0690. The van der Waals surface area contributed by atoms with Gasteiger partial charge in [0.25, 0.3) is 0 Å². The standard InChI is InChI=1S/C22H29N3O2/c1-3-19-6-4-5-7-21(19)23-22(26)17-25-14-12-24(13-15-25)16-18-8-10-20(27-2)11-9-18/h4-11H,3,12-17H2,1-2H3,(H,23,26). The molecule has 0 aliphatic carbocycles. The molecule has 5 heteroatoms. The van der Waals surface area contributed by atoms with Crippen molar-refractivity contribution in [2.24, 2.45) is 0 Å². The molecule has 27 heavy (non-hydrogen) atoms. The van der Waals surface area contributed by atoms with Gasteiger partial charge in [-0.2, -0.15) is 0 Å². The first-order valence-corrected chi connectivity index (χ1v) is 9.63. The van der Waals surface area contributed by atoms with Gasteiger partial charge in [0.2, 0.25) is 5.91 Å². The molecule has 1 amide bonds. The third kappa shape index (κ3) is 5.55. The number of anilines is 1. The molecule has 1 saturated heterocycles. The summed E-state index contributed by atoms with van der Waals surface area (Å²) in [5.41, 5.74) is 3.40. The number of aryl methyl sites for hydroxylation is 1. The number of carbonyl (C=O) groups excluding carboxylic acids is 1. The van der Waals surface area contributed by atoms with Crippen molar-refractivity contribution in [3.63, 3.8) is 0 Å². The van der Waals surface area contributed by atoms with Crippen LogP contribution in [-0.4, -0.2) is 55.5 Å². The normalized spacial score (nSPS) is 15.5. The molecule has 0 aromatic heterocycles. The van der Waals surface area contributed by atoms with E-state index in [1.54, 1.807) is 7.11 Å². The molecule has 1 aliphatic rings. The van der Waals surface area contributed by atoms with Crippen molar-refractivity contribution < 1.29 is 9.53 Å². The van der Waals surface area contributed by atoms with Crippen molar-refractivity contribution in [1.82, 2.24) is 9.80 Å². The van der Waals surface area contributed by atoms with Gasteiger partial charge in [0, 0.05) is 38.4 Å². The number of carbonyl (C=O) groups is 1. The predicted molar refractivity (Wildman–Crippen MR) is 109 cm³/mol. The first kappa shape index (κ1) is 19.4. The summed E-state index contributed by atoms with van der Waals surface area (Å²) >= 11 is 0. The zero-order chi connectivity index (χ0) is 19.1. The largest absolute Gasteiger partial charge is 0.497 e. The molecule has 1 heterocycles. The van der Waals surface area contributed by atoms with Gasteiger partial charge in [-0.1, -0.05) is 37.3 Å². The van der Waals surface area contributed by atoms with Crippen LogP contribution in [0, 0.1) is 0 Å². The highest BCUT2D eigenvalue weighted by atomic mass is 16.5. The SMILES string of the molecule is CCc1ccccc1NC(=O)CN1CCN(Cc2ccc(OC)cc2)CC1. The molecule has 1 aliphatic heterocycles. The number of ether oxygens (including phenoxy) is 1. The van der Waals surface area contributed by atoms with Crippen LogP contribution >= 0.6 is 0 Å². The van der Waals surface area contributed by atoms with E-state index in [0.717, 1.165) is 50.6 Å². The third-order valence-electron chi connectivity index (χ3n) is 5.07. The fraction of sp³-hybridized carbons (Fsp3) is 0.409. The van der Waals surface area contributed by atoms with E-state index in [1.807, 2.05) is 30.3 Å². The number of rotatable bonds is 7. The number of amides is 1. The Bertz CT molecular complexity index is 737. The minimum Gasteiger partial charge on any atom is -0.497 e. The van der Waals surface area contributed by atoms with Gasteiger partial charge in [0.15, 0.2) is 0 Å². The Morgan fingerprint density at radius 2 is 1.67 bits per heavy atom. The first-order valence-electron chi connectivity index (χ1n) is 9.63. The lowest BCUT2D eigenvalue weighted by molar-refractivity contribution is -0.117. The van der Waals surface area contributed by atoms with Crippen LogP contribution in [0.3, 0.4) is 0 Å². The molecule has 1 N–H and O–H groups in total. The lowest BCUT2D eigenvalue weighted by Gasteiger charge is -2.34. The Hall–Kier alpha value is -2.37. The van der Waals surface area contributed by atoms with Crippen LogP contribution in [-0.2, 0) is 17.8 Å². The van der Waals surface area contributed by atoms with Crippen LogP contribution in [0.5, 0.6) is 5.75 Å². The maximum atomic E-state index is 12.4. The molecule has 0 atom stereocenters. The number of methoxy groups -OCH3 is 1. The maximum absolute atomic E-state index is 12.4. The van der Waals surface area contributed by atoms with E-state index in [9.17, 15) is 4.79 Å². The number of benzene rings is 2. The minimum absolute atomic E-state index is 0.0690. The fourth-order valence-corrected chi connectivity index (χ4v) is 3.44. The fourth-order valence-electron chi connectivity index (χ4n) is 3.44. The van der Waals surface area contributed by atoms with E-state index in [2.05, 4.69) is 40.2 Å².